The molecular formula is C28H16F12. The Morgan fingerprint density at radius 1 is 0.725 bits per heavy atom. The lowest BCUT2D eigenvalue weighted by molar-refractivity contribution is 0.417. The largest absolute Gasteiger partial charge is 0.212 e. The van der Waals surface area contributed by atoms with Crippen LogP contribution in [0.25, 0.3) is 27.1 Å². The van der Waals surface area contributed by atoms with Gasteiger partial charge in [0, 0.05) is 27.6 Å². The van der Waals surface area contributed by atoms with Gasteiger partial charge in [-0.3, -0.25) is 0 Å². The van der Waals surface area contributed by atoms with Crippen LogP contribution in [0.15, 0.2) is 71.6 Å². The summed E-state index contributed by atoms with van der Waals surface area (Å²) in [7, 11) is 0. The van der Waals surface area contributed by atoms with E-state index >= 15 is 17.6 Å². The molecule has 1 unspecified atom stereocenters. The summed E-state index contributed by atoms with van der Waals surface area (Å²) < 4.78 is 172. The first-order valence-electron chi connectivity index (χ1n) is 11.2. The van der Waals surface area contributed by atoms with Gasteiger partial charge in [-0.1, -0.05) is 25.1 Å². The van der Waals surface area contributed by atoms with Crippen LogP contribution in [-0.2, 0) is 0 Å². The summed E-state index contributed by atoms with van der Waals surface area (Å²) in [4.78, 5) is 0. The molecule has 12 heteroatoms. The first kappa shape index (κ1) is 30.6. The van der Waals surface area contributed by atoms with E-state index in [1.54, 1.807) is 0 Å². The molecule has 0 fully saturated rings. The highest BCUT2D eigenvalue weighted by Crippen LogP contribution is 2.47. The van der Waals surface area contributed by atoms with Crippen LogP contribution in [0, 0.1) is 29.1 Å². The maximum atomic E-state index is 15.4. The molecule has 0 radical (unpaired) electrons. The van der Waals surface area contributed by atoms with Crippen LogP contribution >= 0.6 is 0 Å². The molecule has 1 atom stereocenters. The first-order chi connectivity index (χ1) is 18.7. The van der Waals surface area contributed by atoms with Crippen molar-refractivity contribution in [2.75, 3.05) is 0 Å². The minimum absolute atomic E-state index is 0.416. The Morgan fingerprint density at radius 2 is 1.30 bits per heavy atom. The predicted molar refractivity (Wildman–Crippen MR) is 127 cm³/mol. The third kappa shape index (κ3) is 5.14. The van der Waals surface area contributed by atoms with Gasteiger partial charge in [-0.2, -0.15) is 0 Å². The summed E-state index contributed by atoms with van der Waals surface area (Å²) >= 11 is 0. The van der Waals surface area contributed by atoms with Crippen LogP contribution in [0.3, 0.4) is 0 Å². The van der Waals surface area contributed by atoms with Gasteiger partial charge < -0.3 is 0 Å². The fourth-order valence-corrected chi connectivity index (χ4v) is 4.24. The molecule has 0 heterocycles. The summed E-state index contributed by atoms with van der Waals surface area (Å²) in [5, 5.41) is -4.25. The minimum Gasteiger partial charge on any atom is -0.212 e. The van der Waals surface area contributed by atoms with Crippen LogP contribution < -0.4 is 0 Å². The molecule has 0 spiro atoms. The quantitative estimate of drug-likeness (QED) is 0.0895. The summed E-state index contributed by atoms with van der Waals surface area (Å²) in [6, 6.07) is 2.63. The molecule has 3 aromatic rings. The molecule has 0 saturated carbocycles. The van der Waals surface area contributed by atoms with Crippen molar-refractivity contribution in [2.24, 2.45) is 0 Å². The Morgan fingerprint density at radius 3 is 1.82 bits per heavy atom. The molecule has 3 rings (SSSR count). The lowest BCUT2D eigenvalue weighted by Gasteiger charge is -2.22. The summed E-state index contributed by atoms with van der Waals surface area (Å²) in [6.45, 7) is 2.33. The van der Waals surface area contributed by atoms with Gasteiger partial charge in [0.05, 0.1) is 5.57 Å². The lowest BCUT2D eigenvalue weighted by Crippen LogP contribution is -2.08. The molecule has 3 aromatic carbocycles. The molecule has 212 valence electrons. The third-order valence-corrected chi connectivity index (χ3v) is 5.97. The maximum absolute atomic E-state index is 15.4. The lowest BCUT2D eigenvalue weighted by atomic mass is 9.82. The molecule has 0 amide bonds. The minimum atomic E-state index is -2.67. The van der Waals surface area contributed by atoms with E-state index in [1.165, 1.54) is 0 Å². The van der Waals surface area contributed by atoms with Crippen molar-refractivity contribution in [1.29, 1.82) is 0 Å². The Kier molecular flexibility index (Phi) is 8.90. The van der Waals surface area contributed by atoms with Crippen molar-refractivity contribution in [3.05, 3.63) is 112 Å². The Labute approximate surface area is 218 Å². The van der Waals surface area contributed by atoms with E-state index in [4.69, 9.17) is 0 Å². The molecule has 0 aliphatic rings. The van der Waals surface area contributed by atoms with E-state index in [-0.39, 0.29) is 0 Å². The number of hydrogen-bond acceptors (Lipinski definition) is 0. The van der Waals surface area contributed by atoms with Crippen molar-refractivity contribution in [1.82, 2.24) is 0 Å². The normalized spacial score (nSPS) is 15.5. The summed E-state index contributed by atoms with van der Waals surface area (Å²) in [5.41, 5.74) is -3.74. The number of allylic oxidation sites excluding steroid dienone is 9. The Hall–Kier alpha value is -3.96. The molecule has 0 aliphatic carbocycles. The highest BCUT2D eigenvalue weighted by Gasteiger charge is 2.33. The van der Waals surface area contributed by atoms with Crippen molar-refractivity contribution < 1.29 is 52.7 Å². The van der Waals surface area contributed by atoms with Crippen LogP contribution in [0.5, 0.6) is 0 Å². The number of halogens is 12. The molecule has 0 bridgehead atoms. The van der Waals surface area contributed by atoms with Gasteiger partial charge in [-0.05, 0) is 36.9 Å². The average molecular weight is 580 g/mol. The monoisotopic (exact) mass is 580 g/mol. The van der Waals surface area contributed by atoms with Gasteiger partial charge in [0.1, 0.15) is 23.8 Å². The number of rotatable bonds is 6. The van der Waals surface area contributed by atoms with Gasteiger partial charge in [-0.25, -0.2) is 52.7 Å². The third-order valence-electron chi connectivity index (χ3n) is 5.97. The summed E-state index contributed by atoms with van der Waals surface area (Å²) in [6.07, 6.45) is 0.379. The fourth-order valence-electron chi connectivity index (χ4n) is 4.24. The molecule has 40 heavy (non-hydrogen) atoms. The fraction of sp³-hybridized carbons (Fsp3) is 0.143. The van der Waals surface area contributed by atoms with Crippen molar-refractivity contribution in [3.8, 4) is 0 Å². The highest BCUT2D eigenvalue weighted by atomic mass is 19.2. The zero-order valence-electron chi connectivity index (χ0n) is 20.6. The number of benzene rings is 3. The van der Waals surface area contributed by atoms with Gasteiger partial charge in [-0.15, -0.1) is 0 Å². The molecular weight excluding hydrogens is 564 g/mol. The van der Waals surface area contributed by atoms with E-state index in [2.05, 4.69) is 0 Å². The molecule has 0 aliphatic heterocycles. The SMILES string of the molecule is C/C(F)=C(F)\C=C/C(C)c1c2cccc(F)c2c(C(/C(F)=C(F)\C(F)=C\F)=C(/C)F)c2c(F)c(F)c(F)c(F)c12. The second-order valence-corrected chi connectivity index (χ2v) is 8.48. The Balaban J connectivity index is 2.76. The van der Waals surface area contributed by atoms with Crippen molar-refractivity contribution in [3.63, 3.8) is 0 Å². The van der Waals surface area contributed by atoms with Gasteiger partial charge in [0.25, 0.3) is 0 Å². The molecule has 0 N–H and O–H groups in total. The van der Waals surface area contributed by atoms with Crippen LogP contribution in [0.1, 0.15) is 37.8 Å². The molecule has 0 saturated heterocycles. The Bertz CT molecular complexity index is 1680. The van der Waals surface area contributed by atoms with Gasteiger partial charge in [0.2, 0.25) is 0 Å². The zero-order chi connectivity index (χ0) is 30.2. The summed E-state index contributed by atoms with van der Waals surface area (Å²) in [5.74, 6) is -24.3. The smallest absolute Gasteiger partial charge is 0.198 e. The van der Waals surface area contributed by atoms with Crippen LogP contribution in [-0.4, -0.2) is 0 Å². The van der Waals surface area contributed by atoms with E-state index in [1.807, 2.05) is 0 Å². The predicted octanol–water partition coefficient (Wildman–Crippen LogP) is 11.2. The number of hydrogen-bond donors (Lipinski definition) is 0. The maximum Gasteiger partial charge on any atom is 0.198 e. The van der Waals surface area contributed by atoms with Crippen molar-refractivity contribution in [2.45, 2.75) is 26.7 Å². The van der Waals surface area contributed by atoms with Gasteiger partial charge >= 0.3 is 0 Å². The molecule has 0 aromatic heterocycles. The number of fused-ring (bicyclic) bond motifs is 2. The highest BCUT2D eigenvalue weighted by molar-refractivity contribution is 6.14. The van der Waals surface area contributed by atoms with E-state index in [9.17, 15) is 35.1 Å². The average Bonchev–Trinajstić information content (AvgIpc) is 2.91. The van der Waals surface area contributed by atoms with E-state index in [0.717, 1.165) is 32.1 Å². The van der Waals surface area contributed by atoms with Crippen LogP contribution in [0.4, 0.5) is 52.7 Å². The van der Waals surface area contributed by atoms with Crippen molar-refractivity contribution >= 4 is 27.1 Å². The second kappa shape index (κ2) is 11.6. The standard InChI is InChI=1S/C28H16F12/c1-10(7-8-14(32)11(2)30)17-13-5-4-6-15(33)19(13)20(18(12(3)31)24(36)23(35)16(34)9-29)22-21(17)25(37)27(39)28(40)26(22)38/h4-10H,1-3H3/b8-7-,14-11-,16-9-,18-12+,24-23-. The van der Waals surface area contributed by atoms with Gasteiger partial charge in [0.15, 0.2) is 46.6 Å². The van der Waals surface area contributed by atoms with E-state index < -0.39 is 115 Å². The molecule has 0 nitrogen and oxygen atoms in total. The van der Waals surface area contributed by atoms with E-state index in [0.29, 0.717) is 19.1 Å². The first-order valence-corrected chi connectivity index (χ1v) is 11.2. The second-order valence-electron chi connectivity index (χ2n) is 8.48. The topological polar surface area (TPSA) is 0 Å². The zero-order valence-corrected chi connectivity index (χ0v) is 20.6. The van der Waals surface area contributed by atoms with Crippen LogP contribution in [0.2, 0.25) is 0 Å².